The normalized spacial score (nSPS) is 11.7. The van der Waals surface area contributed by atoms with Crippen LogP contribution in [0.15, 0.2) is 21.5 Å². The Morgan fingerprint density at radius 1 is 1.46 bits per heavy atom. The van der Waals surface area contributed by atoms with Crippen molar-refractivity contribution < 1.29 is 8.42 Å². The molecule has 0 aromatic heterocycles. The third-order valence-corrected chi connectivity index (χ3v) is 5.20. The first-order valence-electron chi connectivity index (χ1n) is 3.31. The Bertz CT molecular complexity index is 444. The number of benzene rings is 1. The molecule has 0 radical (unpaired) electrons. The Morgan fingerprint density at radius 3 is 2.38 bits per heavy atom. The number of aryl methyl sites for hydroxylation is 1. The van der Waals surface area contributed by atoms with Crippen LogP contribution in [0.1, 0.15) is 5.56 Å². The van der Waals surface area contributed by atoms with Crippen molar-refractivity contribution in [3.8, 4) is 0 Å². The summed E-state index contributed by atoms with van der Waals surface area (Å²) in [7, 11) is -3.64. The van der Waals surface area contributed by atoms with Crippen molar-refractivity contribution in [2.75, 3.05) is 0 Å². The van der Waals surface area contributed by atoms with Crippen molar-refractivity contribution >= 4 is 48.5 Å². The zero-order chi connectivity index (χ0) is 10.2. The predicted molar refractivity (Wildman–Crippen MR) is 63.0 cm³/mol. The summed E-state index contributed by atoms with van der Waals surface area (Å²) in [5.74, 6) is 0. The molecule has 0 atom stereocenters. The van der Waals surface area contributed by atoms with Gasteiger partial charge in [0.2, 0.25) is 10.0 Å². The second-order valence-corrected chi connectivity index (χ2v) is 5.98. The fraction of sp³-hybridized carbons (Fsp3) is 0.143. The van der Waals surface area contributed by atoms with E-state index in [-0.39, 0.29) is 4.90 Å². The van der Waals surface area contributed by atoms with Gasteiger partial charge in [-0.25, -0.2) is 13.6 Å². The number of sulfonamides is 1. The van der Waals surface area contributed by atoms with Crippen LogP contribution in [0.5, 0.6) is 0 Å². The zero-order valence-corrected chi connectivity index (χ0v) is 11.3. The maximum atomic E-state index is 11.2. The quantitative estimate of drug-likeness (QED) is 0.763. The standard InChI is InChI=1S/C7H7BrINO2S/c1-4-2-3-5(8)7(6(4)9)13(10,11)12/h2-3H,1H3,(H2,10,11,12). The molecule has 0 fully saturated rings. The molecule has 0 saturated heterocycles. The first-order chi connectivity index (χ1) is 5.84. The minimum Gasteiger partial charge on any atom is -0.225 e. The monoisotopic (exact) mass is 375 g/mol. The number of primary sulfonamides is 1. The van der Waals surface area contributed by atoms with Crippen molar-refractivity contribution in [1.29, 1.82) is 0 Å². The maximum Gasteiger partial charge on any atom is 0.240 e. The van der Waals surface area contributed by atoms with Crippen LogP contribution < -0.4 is 5.14 Å². The largest absolute Gasteiger partial charge is 0.240 e. The summed E-state index contributed by atoms with van der Waals surface area (Å²) in [5, 5.41) is 5.06. The van der Waals surface area contributed by atoms with Crippen LogP contribution in [-0.2, 0) is 10.0 Å². The minimum atomic E-state index is -3.64. The molecule has 0 spiro atoms. The van der Waals surface area contributed by atoms with Gasteiger partial charge in [-0.1, -0.05) is 6.07 Å². The van der Waals surface area contributed by atoms with Gasteiger partial charge in [0.1, 0.15) is 4.90 Å². The molecule has 0 unspecified atom stereocenters. The van der Waals surface area contributed by atoms with Crippen molar-refractivity contribution in [2.24, 2.45) is 5.14 Å². The van der Waals surface area contributed by atoms with Gasteiger partial charge < -0.3 is 0 Å². The smallest absolute Gasteiger partial charge is 0.225 e. The molecule has 0 saturated carbocycles. The first-order valence-corrected chi connectivity index (χ1v) is 6.73. The molecule has 0 aliphatic carbocycles. The molecule has 0 aliphatic rings. The van der Waals surface area contributed by atoms with Crippen molar-refractivity contribution in [2.45, 2.75) is 11.8 Å². The van der Waals surface area contributed by atoms with E-state index < -0.39 is 10.0 Å². The molecule has 0 heterocycles. The summed E-state index contributed by atoms with van der Waals surface area (Å²) >= 11 is 5.12. The molecule has 2 N–H and O–H groups in total. The molecule has 1 aromatic carbocycles. The van der Waals surface area contributed by atoms with E-state index in [9.17, 15) is 8.42 Å². The summed E-state index contributed by atoms with van der Waals surface area (Å²) in [4.78, 5) is 0.160. The van der Waals surface area contributed by atoms with Crippen LogP contribution in [0.4, 0.5) is 0 Å². The topological polar surface area (TPSA) is 60.2 Å². The SMILES string of the molecule is Cc1ccc(Br)c(S(N)(=O)=O)c1I. The molecule has 0 aliphatic heterocycles. The van der Waals surface area contributed by atoms with Gasteiger partial charge in [-0.15, -0.1) is 0 Å². The second kappa shape index (κ2) is 3.84. The fourth-order valence-corrected chi connectivity index (χ4v) is 4.41. The summed E-state index contributed by atoms with van der Waals surface area (Å²) in [6, 6.07) is 3.51. The Balaban J connectivity index is 3.62. The Kier molecular flexibility index (Phi) is 3.37. The molecule has 6 heteroatoms. The van der Waals surface area contributed by atoms with Crippen LogP contribution in [-0.4, -0.2) is 8.42 Å². The molecule has 13 heavy (non-hydrogen) atoms. The minimum absolute atomic E-state index is 0.160. The third kappa shape index (κ3) is 2.42. The van der Waals surface area contributed by atoms with Gasteiger partial charge in [0.25, 0.3) is 0 Å². The van der Waals surface area contributed by atoms with E-state index in [0.717, 1.165) is 5.56 Å². The van der Waals surface area contributed by atoms with E-state index in [1.807, 2.05) is 35.6 Å². The third-order valence-electron chi connectivity index (χ3n) is 1.53. The van der Waals surface area contributed by atoms with Crippen LogP contribution in [0, 0.1) is 10.5 Å². The van der Waals surface area contributed by atoms with Gasteiger partial charge >= 0.3 is 0 Å². The lowest BCUT2D eigenvalue weighted by molar-refractivity contribution is 0.596. The van der Waals surface area contributed by atoms with E-state index in [0.29, 0.717) is 8.04 Å². The van der Waals surface area contributed by atoms with Crippen LogP contribution in [0.3, 0.4) is 0 Å². The average Bonchev–Trinajstić information content (AvgIpc) is 1.95. The highest BCUT2D eigenvalue weighted by Crippen LogP contribution is 2.28. The average molecular weight is 376 g/mol. The van der Waals surface area contributed by atoms with E-state index in [4.69, 9.17) is 5.14 Å². The molecule has 0 amide bonds. The van der Waals surface area contributed by atoms with E-state index in [1.54, 1.807) is 6.07 Å². The lowest BCUT2D eigenvalue weighted by atomic mass is 10.2. The highest BCUT2D eigenvalue weighted by atomic mass is 127. The van der Waals surface area contributed by atoms with E-state index in [1.165, 1.54) is 0 Å². The van der Waals surface area contributed by atoms with E-state index >= 15 is 0 Å². The summed E-state index contributed by atoms with van der Waals surface area (Å²) in [5.41, 5.74) is 0.896. The summed E-state index contributed by atoms with van der Waals surface area (Å²) in [6.45, 7) is 1.84. The van der Waals surface area contributed by atoms with Gasteiger partial charge in [-0.05, 0) is 57.1 Å². The number of hydrogen-bond donors (Lipinski definition) is 1. The highest BCUT2D eigenvalue weighted by molar-refractivity contribution is 14.1. The lowest BCUT2D eigenvalue weighted by Crippen LogP contribution is -2.15. The molecule has 1 aromatic rings. The number of halogens is 2. The van der Waals surface area contributed by atoms with Gasteiger partial charge in [-0.2, -0.15) is 0 Å². The van der Waals surface area contributed by atoms with Crippen molar-refractivity contribution in [1.82, 2.24) is 0 Å². The fourth-order valence-electron chi connectivity index (χ4n) is 0.892. The lowest BCUT2D eigenvalue weighted by Gasteiger charge is -2.06. The van der Waals surface area contributed by atoms with E-state index in [2.05, 4.69) is 15.9 Å². The second-order valence-electron chi connectivity index (χ2n) is 2.55. The van der Waals surface area contributed by atoms with Gasteiger partial charge in [0.05, 0.1) is 0 Å². The van der Waals surface area contributed by atoms with Crippen molar-refractivity contribution in [3.63, 3.8) is 0 Å². The van der Waals surface area contributed by atoms with Crippen LogP contribution in [0.25, 0.3) is 0 Å². The molecule has 3 nitrogen and oxygen atoms in total. The summed E-state index contributed by atoms with van der Waals surface area (Å²) < 4.78 is 23.5. The number of rotatable bonds is 1. The molecular weight excluding hydrogens is 369 g/mol. The molecule has 1 rings (SSSR count). The predicted octanol–water partition coefficient (Wildman–Crippen LogP) is 2.01. The maximum absolute atomic E-state index is 11.2. The first kappa shape index (κ1) is 11.4. The van der Waals surface area contributed by atoms with Gasteiger partial charge in [-0.3, -0.25) is 0 Å². The van der Waals surface area contributed by atoms with Gasteiger partial charge in [0.15, 0.2) is 0 Å². The Hall–Kier alpha value is 0.340. The highest BCUT2D eigenvalue weighted by Gasteiger charge is 2.17. The Morgan fingerprint density at radius 2 is 2.00 bits per heavy atom. The zero-order valence-electron chi connectivity index (χ0n) is 6.71. The number of hydrogen-bond acceptors (Lipinski definition) is 2. The molecular formula is C7H7BrINO2S. The Labute approximate surface area is 99.0 Å². The van der Waals surface area contributed by atoms with Crippen molar-refractivity contribution in [3.05, 3.63) is 25.7 Å². The van der Waals surface area contributed by atoms with Crippen LogP contribution >= 0.6 is 38.5 Å². The van der Waals surface area contributed by atoms with Gasteiger partial charge in [0, 0.05) is 8.04 Å². The number of nitrogens with two attached hydrogens (primary N) is 1. The summed E-state index contributed by atoms with van der Waals surface area (Å²) in [6.07, 6.45) is 0. The molecule has 0 bridgehead atoms. The van der Waals surface area contributed by atoms with Crippen LogP contribution in [0.2, 0.25) is 0 Å². The molecule has 72 valence electrons.